The number of benzene rings is 2. The van der Waals surface area contributed by atoms with Crippen molar-refractivity contribution in [2.24, 2.45) is 0 Å². The van der Waals surface area contributed by atoms with E-state index in [0.29, 0.717) is 0 Å². The molecule has 1 heteroatoms. The topological polar surface area (TPSA) is 0 Å². The summed E-state index contributed by atoms with van der Waals surface area (Å²) in [6.45, 7) is 4.30. The molecule has 0 unspecified atom stereocenters. The molecule has 0 atom stereocenters. The summed E-state index contributed by atoms with van der Waals surface area (Å²) in [4.78, 5) is 0. The molecule has 3 rings (SSSR count). The molecule has 0 saturated carbocycles. The minimum atomic E-state index is 1.04. The average Bonchev–Trinajstić information content (AvgIpc) is 2.74. The number of rotatable bonds is 1. The van der Waals surface area contributed by atoms with Crippen LogP contribution in [0.3, 0.4) is 0 Å². The van der Waals surface area contributed by atoms with Crippen molar-refractivity contribution in [1.29, 1.82) is 0 Å². The minimum absolute atomic E-state index is 1.04. The maximum absolute atomic E-state index is 3.78. The summed E-state index contributed by atoms with van der Waals surface area (Å²) in [5.74, 6) is 0. The largest absolute Gasteiger partial charge is 0.0765 e. The molecular weight excluding hydrogens is 284 g/mol. The van der Waals surface area contributed by atoms with Gasteiger partial charge in [-0.3, -0.25) is 0 Å². The van der Waals surface area contributed by atoms with Crippen molar-refractivity contribution < 1.29 is 0 Å². The van der Waals surface area contributed by atoms with E-state index in [4.69, 9.17) is 0 Å². The number of hydrogen-bond donors (Lipinski definition) is 0. The highest BCUT2D eigenvalue weighted by Crippen LogP contribution is 2.38. The third-order valence-electron chi connectivity index (χ3n) is 3.64. The standard InChI is InChI=1S/C17H15Br/c1-11-3-6-13(7-4-11)15-10-9-14-12(2)5-8-16(14)17(15)18/h3-7,9-10H,8H2,1-2H3. The molecule has 0 aliphatic heterocycles. The van der Waals surface area contributed by atoms with Crippen molar-refractivity contribution in [3.63, 3.8) is 0 Å². The lowest BCUT2D eigenvalue weighted by Gasteiger charge is -2.11. The van der Waals surface area contributed by atoms with Crippen LogP contribution in [-0.4, -0.2) is 0 Å². The smallest absolute Gasteiger partial charge is 0.0294 e. The number of aryl methyl sites for hydroxylation is 1. The van der Waals surface area contributed by atoms with E-state index in [2.05, 4.69) is 72.3 Å². The van der Waals surface area contributed by atoms with Crippen molar-refractivity contribution in [3.05, 3.63) is 63.6 Å². The summed E-state index contributed by atoms with van der Waals surface area (Å²) in [5, 5.41) is 0. The second-order valence-corrected chi connectivity index (χ2v) is 5.70. The van der Waals surface area contributed by atoms with E-state index in [1.54, 1.807) is 0 Å². The van der Waals surface area contributed by atoms with Crippen LogP contribution in [-0.2, 0) is 6.42 Å². The van der Waals surface area contributed by atoms with Crippen molar-refractivity contribution >= 4 is 21.5 Å². The van der Waals surface area contributed by atoms with Crippen LogP contribution < -0.4 is 0 Å². The average molecular weight is 299 g/mol. The summed E-state index contributed by atoms with van der Waals surface area (Å²) in [5.41, 5.74) is 8.06. The van der Waals surface area contributed by atoms with Gasteiger partial charge in [0.25, 0.3) is 0 Å². The monoisotopic (exact) mass is 298 g/mol. The Labute approximate surface area is 116 Å². The van der Waals surface area contributed by atoms with Crippen LogP contribution in [0.2, 0.25) is 0 Å². The van der Waals surface area contributed by atoms with E-state index in [1.807, 2.05) is 0 Å². The Morgan fingerprint density at radius 2 is 1.56 bits per heavy atom. The molecule has 0 bridgehead atoms. The Hall–Kier alpha value is -1.34. The molecule has 0 aromatic heterocycles. The van der Waals surface area contributed by atoms with Crippen LogP contribution >= 0.6 is 15.9 Å². The van der Waals surface area contributed by atoms with Gasteiger partial charge >= 0.3 is 0 Å². The molecule has 0 heterocycles. The van der Waals surface area contributed by atoms with E-state index in [1.165, 1.54) is 37.9 Å². The zero-order chi connectivity index (χ0) is 12.7. The van der Waals surface area contributed by atoms with Gasteiger partial charge in [-0.15, -0.1) is 0 Å². The summed E-state index contributed by atoms with van der Waals surface area (Å²) in [7, 11) is 0. The molecule has 90 valence electrons. The first-order valence-electron chi connectivity index (χ1n) is 6.22. The van der Waals surface area contributed by atoms with Gasteiger partial charge in [0.2, 0.25) is 0 Å². The van der Waals surface area contributed by atoms with Crippen molar-refractivity contribution in [1.82, 2.24) is 0 Å². The zero-order valence-electron chi connectivity index (χ0n) is 10.6. The third-order valence-corrected chi connectivity index (χ3v) is 4.55. The van der Waals surface area contributed by atoms with Crippen LogP contribution in [0.25, 0.3) is 16.7 Å². The molecule has 1 aliphatic carbocycles. The number of fused-ring (bicyclic) bond motifs is 1. The highest BCUT2D eigenvalue weighted by atomic mass is 79.9. The fourth-order valence-electron chi connectivity index (χ4n) is 2.51. The molecule has 0 nitrogen and oxygen atoms in total. The quantitative estimate of drug-likeness (QED) is 0.663. The Bertz CT molecular complexity index is 633. The lowest BCUT2D eigenvalue weighted by molar-refractivity contribution is 1.29. The Morgan fingerprint density at radius 1 is 0.889 bits per heavy atom. The predicted molar refractivity (Wildman–Crippen MR) is 81.7 cm³/mol. The highest BCUT2D eigenvalue weighted by Gasteiger charge is 2.16. The molecular formula is C17H15Br. The van der Waals surface area contributed by atoms with E-state index in [-0.39, 0.29) is 0 Å². The van der Waals surface area contributed by atoms with Gasteiger partial charge in [0.05, 0.1) is 0 Å². The zero-order valence-corrected chi connectivity index (χ0v) is 12.2. The Morgan fingerprint density at radius 3 is 2.28 bits per heavy atom. The lowest BCUT2D eigenvalue weighted by atomic mass is 9.98. The summed E-state index contributed by atoms with van der Waals surface area (Å²) in [6.07, 6.45) is 3.34. The molecule has 0 saturated heterocycles. The Balaban J connectivity index is 2.13. The Kier molecular flexibility index (Phi) is 2.87. The highest BCUT2D eigenvalue weighted by molar-refractivity contribution is 9.10. The van der Waals surface area contributed by atoms with Crippen molar-refractivity contribution in [3.8, 4) is 11.1 Å². The number of halogens is 1. The second-order valence-electron chi connectivity index (χ2n) is 4.91. The van der Waals surface area contributed by atoms with Gasteiger partial charge in [0.1, 0.15) is 0 Å². The first kappa shape index (κ1) is 11.7. The van der Waals surface area contributed by atoms with E-state index in [9.17, 15) is 0 Å². The fourth-order valence-corrected chi connectivity index (χ4v) is 3.25. The van der Waals surface area contributed by atoms with Crippen molar-refractivity contribution in [2.45, 2.75) is 20.3 Å². The number of allylic oxidation sites excluding steroid dienone is 2. The van der Waals surface area contributed by atoms with Crippen LogP contribution in [0.15, 0.2) is 46.9 Å². The van der Waals surface area contributed by atoms with Crippen LogP contribution in [0.5, 0.6) is 0 Å². The van der Waals surface area contributed by atoms with Gasteiger partial charge < -0.3 is 0 Å². The van der Waals surface area contributed by atoms with E-state index < -0.39 is 0 Å². The van der Waals surface area contributed by atoms with Crippen LogP contribution in [0.1, 0.15) is 23.6 Å². The molecule has 0 spiro atoms. The van der Waals surface area contributed by atoms with Crippen LogP contribution in [0.4, 0.5) is 0 Å². The molecule has 2 aromatic carbocycles. The molecule has 0 N–H and O–H groups in total. The normalized spacial score (nSPS) is 13.4. The molecule has 0 fully saturated rings. The molecule has 0 amide bonds. The van der Waals surface area contributed by atoms with Gasteiger partial charge in [-0.2, -0.15) is 0 Å². The van der Waals surface area contributed by atoms with Gasteiger partial charge in [0, 0.05) is 4.47 Å². The number of hydrogen-bond acceptors (Lipinski definition) is 0. The third kappa shape index (κ3) is 1.83. The van der Waals surface area contributed by atoms with E-state index >= 15 is 0 Å². The van der Waals surface area contributed by atoms with Gasteiger partial charge in [-0.1, -0.05) is 48.0 Å². The first-order chi connectivity index (χ1) is 8.66. The van der Waals surface area contributed by atoms with E-state index in [0.717, 1.165) is 6.42 Å². The summed E-state index contributed by atoms with van der Waals surface area (Å²) >= 11 is 3.78. The first-order valence-corrected chi connectivity index (χ1v) is 7.01. The molecule has 2 aromatic rings. The lowest BCUT2D eigenvalue weighted by Crippen LogP contribution is -1.89. The van der Waals surface area contributed by atoms with Crippen LogP contribution in [0, 0.1) is 6.92 Å². The molecule has 18 heavy (non-hydrogen) atoms. The molecule has 0 radical (unpaired) electrons. The maximum atomic E-state index is 3.78. The molecule has 1 aliphatic rings. The fraction of sp³-hybridized carbons (Fsp3) is 0.176. The maximum Gasteiger partial charge on any atom is 0.0294 e. The SMILES string of the molecule is CC1=CCc2c1ccc(-c1ccc(C)cc1)c2Br. The minimum Gasteiger partial charge on any atom is -0.0765 e. The summed E-state index contributed by atoms with van der Waals surface area (Å²) < 4.78 is 1.25. The summed E-state index contributed by atoms with van der Waals surface area (Å²) in [6, 6.07) is 13.2. The predicted octanol–water partition coefficient (Wildman–Crippen LogP) is 5.38. The van der Waals surface area contributed by atoms with Gasteiger partial charge in [-0.25, -0.2) is 0 Å². The van der Waals surface area contributed by atoms with Crippen molar-refractivity contribution in [2.75, 3.05) is 0 Å². The second kappa shape index (κ2) is 4.40. The van der Waals surface area contributed by atoms with Gasteiger partial charge in [-0.05, 0) is 64.0 Å². The van der Waals surface area contributed by atoms with Gasteiger partial charge in [0.15, 0.2) is 0 Å².